The number of carbonyl (C=O) groups is 1. The fourth-order valence-corrected chi connectivity index (χ4v) is 3.32. The minimum Gasteiger partial charge on any atom is -0.383 e. The summed E-state index contributed by atoms with van der Waals surface area (Å²) < 4.78 is 8.20. The van der Waals surface area contributed by atoms with Gasteiger partial charge in [0.1, 0.15) is 22.9 Å². The van der Waals surface area contributed by atoms with Crippen LogP contribution in [-0.4, -0.2) is 51.9 Å². The molecule has 0 radical (unpaired) electrons. The number of fused-ring (bicyclic) bond motifs is 1. The van der Waals surface area contributed by atoms with Crippen molar-refractivity contribution in [3.05, 3.63) is 46.5 Å². The zero-order valence-electron chi connectivity index (χ0n) is 17.0. The molecular weight excluding hydrogens is 386 g/mol. The lowest BCUT2D eigenvalue weighted by atomic mass is 9.93. The van der Waals surface area contributed by atoms with Gasteiger partial charge in [0.2, 0.25) is 0 Å². The van der Waals surface area contributed by atoms with Gasteiger partial charge in [-0.25, -0.2) is 4.98 Å². The van der Waals surface area contributed by atoms with Crippen LogP contribution in [0.3, 0.4) is 0 Å². The molecule has 3 N–H and O–H groups in total. The maximum absolute atomic E-state index is 12.7. The van der Waals surface area contributed by atoms with Gasteiger partial charge in [-0.2, -0.15) is 9.61 Å². The topological polar surface area (TPSA) is 115 Å². The number of ether oxygens (including phenoxy) is 1. The minimum absolute atomic E-state index is 0.182. The van der Waals surface area contributed by atoms with Crippen LogP contribution in [0.4, 0.5) is 17.3 Å². The molecule has 1 amide bonds. The van der Waals surface area contributed by atoms with Crippen LogP contribution in [-0.2, 0) is 11.3 Å². The van der Waals surface area contributed by atoms with Gasteiger partial charge in [-0.05, 0) is 31.4 Å². The van der Waals surface area contributed by atoms with Gasteiger partial charge in [-0.3, -0.25) is 9.59 Å². The van der Waals surface area contributed by atoms with Gasteiger partial charge in [0.05, 0.1) is 12.8 Å². The minimum atomic E-state index is -0.192. The Kier molecular flexibility index (Phi) is 5.66. The van der Waals surface area contributed by atoms with Gasteiger partial charge in [-0.15, -0.1) is 0 Å². The second-order valence-corrected chi connectivity index (χ2v) is 7.21. The molecule has 1 aliphatic rings. The van der Waals surface area contributed by atoms with Gasteiger partial charge in [0.25, 0.3) is 11.5 Å². The summed E-state index contributed by atoms with van der Waals surface area (Å²) in [5.74, 6) is 0.885. The molecule has 0 saturated heterocycles. The van der Waals surface area contributed by atoms with Crippen LogP contribution in [0.5, 0.6) is 0 Å². The van der Waals surface area contributed by atoms with Gasteiger partial charge >= 0.3 is 0 Å². The Morgan fingerprint density at radius 3 is 2.90 bits per heavy atom. The van der Waals surface area contributed by atoms with Crippen LogP contribution < -0.4 is 21.5 Å². The van der Waals surface area contributed by atoms with Crippen molar-refractivity contribution in [1.29, 1.82) is 0 Å². The van der Waals surface area contributed by atoms with Crippen molar-refractivity contribution < 1.29 is 9.53 Å². The van der Waals surface area contributed by atoms with Gasteiger partial charge in [0.15, 0.2) is 5.65 Å². The molecular formula is C20H25N7O3. The van der Waals surface area contributed by atoms with Crippen molar-refractivity contribution in [2.45, 2.75) is 31.8 Å². The number of aromatic nitrogens is 4. The van der Waals surface area contributed by atoms with Crippen LogP contribution in [0.25, 0.3) is 5.65 Å². The highest BCUT2D eigenvalue weighted by molar-refractivity contribution is 6.00. The van der Waals surface area contributed by atoms with Gasteiger partial charge in [0, 0.05) is 39.0 Å². The van der Waals surface area contributed by atoms with E-state index < -0.39 is 0 Å². The lowest BCUT2D eigenvalue weighted by molar-refractivity contribution is 0.0918. The van der Waals surface area contributed by atoms with Crippen molar-refractivity contribution in [1.82, 2.24) is 24.5 Å². The molecule has 0 atom stereocenters. The van der Waals surface area contributed by atoms with E-state index in [1.165, 1.54) is 6.20 Å². The summed E-state index contributed by atoms with van der Waals surface area (Å²) in [7, 11) is 3.35. The van der Waals surface area contributed by atoms with E-state index in [4.69, 9.17) is 4.74 Å². The molecule has 0 spiro atoms. The summed E-state index contributed by atoms with van der Waals surface area (Å²) >= 11 is 0. The number of rotatable bonds is 8. The number of pyridine rings is 1. The zero-order valence-corrected chi connectivity index (χ0v) is 17.0. The summed E-state index contributed by atoms with van der Waals surface area (Å²) in [5.41, 5.74) is 1.01. The average Bonchev–Trinajstić information content (AvgIpc) is 3.14. The number of nitrogens with zero attached hydrogens (tertiary/aromatic N) is 4. The van der Waals surface area contributed by atoms with Crippen LogP contribution >= 0.6 is 0 Å². The van der Waals surface area contributed by atoms with E-state index in [9.17, 15) is 9.59 Å². The maximum atomic E-state index is 12.7. The molecule has 0 bridgehead atoms. The Morgan fingerprint density at radius 1 is 1.37 bits per heavy atom. The predicted octanol–water partition coefficient (Wildman–Crippen LogP) is 1.60. The molecule has 4 rings (SSSR count). The third-order valence-electron chi connectivity index (χ3n) is 5.23. The third kappa shape index (κ3) is 3.86. The molecule has 30 heavy (non-hydrogen) atoms. The van der Waals surface area contributed by atoms with E-state index in [0.717, 1.165) is 19.3 Å². The molecule has 10 nitrogen and oxygen atoms in total. The van der Waals surface area contributed by atoms with Crippen molar-refractivity contribution in [3.8, 4) is 0 Å². The first-order valence-electron chi connectivity index (χ1n) is 9.93. The normalized spacial score (nSPS) is 13.8. The first-order valence-corrected chi connectivity index (χ1v) is 9.93. The van der Waals surface area contributed by atoms with E-state index in [1.54, 1.807) is 47.6 Å². The maximum Gasteiger partial charge on any atom is 0.274 e. The quantitative estimate of drug-likeness (QED) is 0.516. The van der Waals surface area contributed by atoms with Crippen molar-refractivity contribution in [2.24, 2.45) is 0 Å². The molecule has 3 aromatic heterocycles. The third-order valence-corrected chi connectivity index (χ3v) is 5.23. The number of hydrogen-bond acceptors (Lipinski definition) is 7. The highest BCUT2D eigenvalue weighted by atomic mass is 16.5. The zero-order chi connectivity index (χ0) is 21.1. The average molecular weight is 411 g/mol. The van der Waals surface area contributed by atoms with Crippen molar-refractivity contribution in [3.63, 3.8) is 0 Å². The molecule has 3 aromatic rings. The van der Waals surface area contributed by atoms with Crippen molar-refractivity contribution >= 4 is 28.9 Å². The number of amides is 1. The lowest BCUT2D eigenvalue weighted by Gasteiger charge is -2.26. The van der Waals surface area contributed by atoms with Crippen molar-refractivity contribution in [2.75, 3.05) is 31.4 Å². The van der Waals surface area contributed by atoms with Crippen LogP contribution in [0, 0.1) is 0 Å². The summed E-state index contributed by atoms with van der Waals surface area (Å²) in [4.78, 5) is 29.9. The number of carbonyl (C=O) groups excluding carboxylic acids is 1. The number of hydrogen-bond donors (Lipinski definition) is 3. The van der Waals surface area contributed by atoms with E-state index in [1.807, 2.05) is 0 Å². The molecule has 158 valence electrons. The van der Waals surface area contributed by atoms with Crippen LogP contribution in [0.15, 0.2) is 35.4 Å². The molecule has 1 fully saturated rings. The largest absolute Gasteiger partial charge is 0.383 e. The molecule has 1 saturated carbocycles. The molecule has 1 aliphatic carbocycles. The Hall–Kier alpha value is -3.40. The van der Waals surface area contributed by atoms with E-state index >= 15 is 0 Å². The summed E-state index contributed by atoms with van der Waals surface area (Å²) in [6.45, 7) is 0.889. The van der Waals surface area contributed by atoms with E-state index in [0.29, 0.717) is 41.7 Å². The second-order valence-electron chi connectivity index (χ2n) is 7.21. The summed E-state index contributed by atoms with van der Waals surface area (Å²) in [6, 6.07) is 5.43. The summed E-state index contributed by atoms with van der Waals surface area (Å²) in [6.07, 6.45) is 6.35. The van der Waals surface area contributed by atoms with Crippen LogP contribution in [0.1, 0.15) is 29.6 Å². The van der Waals surface area contributed by atoms with Crippen LogP contribution in [0.2, 0.25) is 0 Å². The monoisotopic (exact) mass is 411 g/mol. The highest BCUT2D eigenvalue weighted by Crippen LogP contribution is 2.22. The molecule has 0 aliphatic heterocycles. The number of anilines is 3. The first-order chi connectivity index (χ1) is 14.6. The SMILES string of the molecule is CNc1cc(Nc2cccn(CCOC)c2=O)nc2c(C(=O)NC3CCC3)cnn12. The second kappa shape index (κ2) is 8.54. The Bertz CT molecular complexity index is 1120. The Morgan fingerprint density at radius 2 is 2.20 bits per heavy atom. The van der Waals surface area contributed by atoms with E-state index in [-0.39, 0.29) is 17.5 Å². The molecule has 0 unspecified atom stereocenters. The smallest absolute Gasteiger partial charge is 0.274 e. The fourth-order valence-electron chi connectivity index (χ4n) is 3.32. The highest BCUT2D eigenvalue weighted by Gasteiger charge is 2.23. The van der Waals surface area contributed by atoms with Gasteiger partial charge in [-0.1, -0.05) is 0 Å². The molecule has 10 heteroatoms. The Balaban J connectivity index is 1.67. The first kappa shape index (κ1) is 19.9. The summed E-state index contributed by atoms with van der Waals surface area (Å²) in [5, 5.41) is 13.4. The molecule has 3 heterocycles. The van der Waals surface area contributed by atoms with E-state index in [2.05, 4.69) is 26.0 Å². The standard InChI is InChI=1S/C20H25N7O3/c1-21-17-11-16(24-15-7-4-8-26(20(15)29)9-10-30-2)25-18-14(12-22-27(17)18)19(28)23-13-5-3-6-13/h4,7-8,11-13,21H,3,5-6,9-10H2,1-2H3,(H,23,28)(H,24,25). The van der Waals surface area contributed by atoms with Gasteiger partial charge < -0.3 is 25.3 Å². The lowest BCUT2D eigenvalue weighted by Crippen LogP contribution is -2.39. The number of methoxy groups -OCH3 is 1. The molecule has 0 aromatic carbocycles. The fraction of sp³-hybridized carbons (Fsp3) is 0.400. The number of nitrogens with one attached hydrogen (secondary N) is 3. The predicted molar refractivity (Wildman–Crippen MR) is 113 cm³/mol. The Labute approximate surface area is 173 Å².